The van der Waals surface area contributed by atoms with Crippen LogP contribution in [0.15, 0.2) is 4.99 Å². The molecule has 3 N–H and O–H groups in total. The van der Waals surface area contributed by atoms with Crippen LogP contribution in [0.2, 0.25) is 0 Å². The maximum absolute atomic E-state index is 11.9. The van der Waals surface area contributed by atoms with Gasteiger partial charge in [0.2, 0.25) is 5.91 Å². The number of halogens is 1. The highest BCUT2D eigenvalue weighted by Gasteiger charge is 2.21. The number of rotatable bonds is 12. The van der Waals surface area contributed by atoms with Crippen LogP contribution in [0.1, 0.15) is 46.0 Å². The fourth-order valence-corrected chi connectivity index (χ4v) is 3.59. The Hall–Kier alpha value is -0.650. The number of nitrogens with one attached hydrogen (secondary N) is 3. The number of likely N-dealkylation sites (tertiary alicyclic amines) is 1. The number of carbonyl (C=O) groups excluding carboxylic acids is 1. The normalized spacial score (nSPS) is 20.6. The summed E-state index contributed by atoms with van der Waals surface area (Å²) in [5, 5.41) is 9.84. The molecule has 0 saturated carbocycles. The highest BCUT2D eigenvalue weighted by atomic mass is 127. The summed E-state index contributed by atoms with van der Waals surface area (Å²) in [6.07, 6.45) is 5.08. The van der Waals surface area contributed by atoms with Crippen molar-refractivity contribution in [1.29, 1.82) is 0 Å². The van der Waals surface area contributed by atoms with E-state index < -0.39 is 0 Å². The SMILES string of the molecule is CCCNC(=O)CN1CCC(NC(=NCCCOCC2CCOC2)NCC)CC1.I. The van der Waals surface area contributed by atoms with E-state index >= 15 is 0 Å². The molecule has 8 nitrogen and oxygen atoms in total. The number of piperidine rings is 1. The van der Waals surface area contributed by atoms with Crippen LogP contribution in [0.4, 0.5) is 0 Å². The van der Waals surface area contributed by atoms with Crippen molar-refractivity contribution in [2.75, 3.05) is 65.7 Å². The third kappa shape index (κ3) is 11.7. The molecular formula is C21H42IN5O3. The van der Waals surface area contributed by atoms with Gasteiger partial charge in [0, 0.05) is 57.9 Å². The fourth-order valence-electron chi connectivity index (χ4n) is 3.59. The molecule has 0 bridgehead atoms. The summed E-state index contributed by atoms with van der Waals surface area (Å²) in [6, 6.07) is 0.404. The minimum Gasteiger partial charge on any atom is -0.381 e. The summed E-state index contributed by atoms with van der Waals surface area (Å²) in [6.45, 7) is 12.2. The molecule has 0 radical (unpaired) electrons. The van der Waals surface area contributed by atoms with Crippen molar-refractivity contribution in [1.82, 2.24) is 20.9 Å². The molecule has 2 rings (SSSR count). The Morgan fingerprint density at radius 1 is 1.20 bits per heavy atom. The van der Waals surface area contributed by atoms with Gasteiger partial charge in [0.1, 0.15) is 0 Å². The van der Waals surface area contributed by atoms with E-state index in [9.17, 15) is 4.79 Å². The van der Waals surface area contributed by atoms with Gasteiger partial charge in [0.25, 0.3) is 0 Å². The summed E-state index contributed by atoms with van der Waals surface area (Å²) >= 11 is 0. The third-order valence-corrected chi connectivity index (χ3v) is 5.31. The minimum atomic E-state index is 0. The van der Waals surface area contributed by atoms with Gasteiger partial charge in [-0.3, -0.25) is 14.7 Å². The second-order valence-corrected chi connectivity index (χ2v) is 7.96. The van der Waals surface area contributed by atoms with Crippen molar-refractivity contribution in [3.8, 4) is 0 Å². The van der Waals surface area contributed by atoms with E-state index in [4.69, 9.17) is 14.5 Å². The lowest BCUT2D eigenvalue weighted by molar-refractivity contribution is -0.122. The van der Waals surface area contributed by atoms with Crippen LogP contribution in [0.5, 0.6) is 0 Å². The Morgan fingerprint density at radius 2 is 2.00 bits per heavy atom. The third-order valence-electron chi connectivity index (χ3n) is 5.31. The predicted octanol–water partition coefficient (Wildman–Crippen LogP) is 1.59. The van der Waals surface area contributed by atoms with Crippen molar-refractivity contribution in [2.24, 2.45) is 10.9 Å². The van der Waals surface area contributed by atoms with Gasteiger partial charge in [-0.1, -0.05) is 6.92 Å². The average molecular weight is 540 g/mol. The maximum atomic E-state index is 11.9. The van der Waals surface area contributed by atoms with Gasteiger partial charge in [-0.05, 0) is 39.0 Å². The highest BCUT2D eigenvalue weighted by Crippen LogP contribution is 2.12. The Kier molecular flexibility index (Phi) is 15.5. The number of ether oxygens (including phenoxy) is 2. The standard InChI is InChI=1S/C21H41N5O3.HI/c1-3-9-23-20(27)15-26-11-6-19(7-12-26)25-21(22-4-2)24-10-5-13-28-16-18-8-14-29-17-18;/h18-19H,3-17H2,1-2H3,(H,23,27)(H2,22,24,25);1H. The van der Waals surface area contributed by atoms with Crippen LogP contribution < -0.4 is 16.0 Å². The van der Waals surface area contributed by atoms with Gasteiger partial charge in [-0.25, -0.2) is 0 Å². The summed E-state index contributed by atoms with van der Waals surface area (Å²) in [5.74, 6) is 1.59. The molecule has 0 aliphatic carbocycles. The number of hydrogen-bond acceptors (Lipinski definition) is 5. The van der Waals surface area contributed by atoms with Crippen LogP contribution in [0, 0.1) is 5.92 Å². The Labute approximate surface area is 199 Å². The van der Waals surface area contributed by atoms with E-state index in [0.29, 0.717) is 18.5 Å². The zero-order chi connectivity index (χ0) is 20.7. The molecule has 2 fully saturated rings. The molecule has 9 heteroatoms. The molecule has 2 saturated heterocycles. The van der Waals surface area contributed by atoms with Gasteiger partial charge in [0.15, 0.2) is 5.96 Å². The van der Waals surface area contributed by atoms with Crippen LogP contribution in [-0.2, 0) is 14.3 Å². The first kappa shape index (κ1) is 27.4. The molecule has 2 aliphatic heterocycles. The van der Waals surface area contributed by atoms with E-state index in [0.717, 1.165) is 97.2 Å². The fraction of sp³-hybridized carbons (Fsp3) is 0.905. The first-order valence-corrected chi connectivity index (χ1v) is 11.4. The van der Waals surface area contributed by atoms with Crippen molar-refractivity contribution in [2.45, 2.75) is 52.0 Å². The Morgan fingerprint density at radius 3 is 2.67 bits per heavy atom. The second-order valence-electron chi connectivity index (χ2n) is 7.96. The monoisotopic (exact) mass is 539 g/mol. The topological polar surface area (TPSA) is 87.2 Å². The van der Waals surface area contributed by atoms with Crippen molar-refractivity contribution in [3.63, 3.8) is 0 Å². The molecule has 0 aromatic carbocycles. The molecule has 0 spiro atoms. The summed E-state index contributed by atoms with van der Waals surface area (Å²) in [4.78, 5) is 18.8. The zero-order valence-corrected chi connectivity index (χ0v) is 21.1. The molecule has 30 heavy (non-hydrogen) atoms. The van der Waals surface area contributed by atoms with Crippen LogP contribution in [0.25, 0.3) is 0 Å². The average Bonchev–Trinajstić information content (AvgIpc) is 3.24. The maximum Gasteiger partial charge on any atom is 0.234 e. The van der Waals surface area contributed by atoms with Gasteiger partial charge in [-0.2, -0.15) is 0 Å². The largest absolute Gasteiger partial charge is 0.381 e. The van der Waals surface area contributed by atoms with Crippen LogP contribution in [-0.4, -0.2) is 88.5 Å². The first-order valence-electron chi connectivity index (χ1n) is 11.4. The van der Waals surface area contributed by atoms with Gasteiger partial charge >= 0.3 is 0 Å². The molecule has 1 atom stereocenters. The number of nitrogens with zero attached hydrogens (tertiary/aromatic N) is 2. The Bertz CT molecular complexity index is 481. The first-order chi connectivity index (χ1) is 14.2. The van der Waals surface area contributed by atoms with E-state index in [1.54, 1.807) is 0 Å². The molecule has 1 amide bonds. The number of hydrogen-bond donors (Lipinski definition) is 3. The molecule has 1 unspecified atom stereocenters. The zero-order valence-electron chi connectivity index (χ0n) is 18.8. The van der Waals surface area contributed by atoms with Crippen molar-refractivity contribution < 1.29 is 14.3 Å². The van der Waals surface area contributed by atoms with Crippen LogP contribution >= 0.6 is 24.0 Å². The smallest absolute Gasteiger partial charge is 0.234 e. The van der Waals surface area contributed by atoms with E-state index in [1.807, 2.05) is 0 Å². The van der Waals surface area contributed by atoms with Crippen molar-refractivity contribution >= 4 is 35.8 Å². The molecule has 176 valence electrons. The highest BCUT2D eigenvalue weighted by molar-refractivity contribution is 14.0. The number of guanidine groups is 1. The summed E-state index contributed by atoms with van der Waals surface area (Å²) in [5.41, 5.74) is 0. The lowest BCUT2D eigenvalue weighted by Gasteiger charge is -2.32. The Balaban J connectivity index is 0.00000450. The molecule has 2 aliphatic rings. The van der Waals surface area contributed by atoms with E-state index in [1.165, 1.54) is 0 Å². The van der Waals surface area contributed by atoms with Gasteiger partial charge in [-0.15, -0.1) is 24.0 Å². The number of carbonyl (C=O) groups is 1. The van der Waals surface area contributed by atoms with Crippen LogP contribution in [0.3, 0.4) is 0 Å². The molecule has 0 aromatic rings. The molecule has 2 heterocycles. The summed E-state index contributed by atoms with van der Waals surface area (Å²) in [7, 11) is 0. The predicted molar refractivity (Wildman–Crippen MR) is 132 cm³/mol. The van der Waals surface area contributed by atoms with E-state index in [2.05, 4.69) is 34.7 Å². The number of amides is 1. The quantitative estimate of drug-likeness (QED) is 0.151. The van der Waals surface area contributed by atoms with Crippen molar-refractivity contribution in [3.05, 3.63) is 0 Å². The number of aliphatic imine (C=N–C) groups is 1. The summed E-state index contributed by atoms with van der Waals surface area (Å²) < 4.78 is 11.1. The molecule has 0 aromatic heterocycles. The second kappa shape index (κ2) is 17.0. The van der Waals surface area contributed by atoms with Gasteiger partial charge < -0.3 is 25.4 Å². The lowest BCUT2D eigenvalue weighted by Crippen LogP contribution is -2.50. The lowest BCUT2D eigenvalue weighted by atomic mass is 10.1. The molecular weight excluding hydrogens is 497 g/mol. The minimum absolute atomic E-state index is 0. The van der Waals surface area contributed by atoms with E-state index in [-0.39, 0.29) is 29.9 Å². The van der Waals surface area contributed by atoms with Gasteiger partial charge in [0.05, 0.1) is 19.8 Å².